The summed E-state index contributed by atoms with van der Waals surface area (Å²) in [4.78, 5) is 14.0. The fourth-order valence-electron chi connectivity index (χ4n) is 2.04. The molecular formula is C13H17BrFN3O2. The maximum atomic E-state index is 13.3. The van der Waals surface area contributed by atoms with Gasteiger partial charge in [-0.2, -0.15) is 0 Å². The number of halogens is 2. The van der Waals surface area contributed by atoms with Gasteiger partial charge in [-0.15, -0.1) is 0 Å². The van der Waals surface area contributed by atoms with Gasteiger partial charge in [0.1, 0.15) is 11.9 Å². The van der Waals surface area contributed by atoms with E-state index in [1.54, 1.807) is 11.8 Å². The van der Waals surface area contributed by atoms with E-state index in [4.69, 9.17) is 10.5 Å². The van der Waals surface area contributed by atoms with Gasteiger partial charge >= 0.3 is 0 Å². The number of carbonyl (C=O) groups is 1. The Kier molecular flexibility index (Phi) is 4.82. The first kappa shape index (κ1) is 15.1. The van der Waals surface area contributed by atoms with Crippen LogP contribution in [0.1, 0.15) is 6.92 Å². The van der Waals surface area contributed by atoms with E-state index in [1.807, 2.05) is 0 Å². The molecule has 2 rings (SSSR count). The highest BCUT2D eigenvalue weighted by Crippen LogP contribution is 2.27. The third kappa shape index (κ3) is 3.40. The second kappa shape index (κ2) is 6.41. The van der Waals surface area contributed by atoms with Crippen LogP contribution < -0.4 is 11.1 Å². The van der Waals surface area contributed by atoms with Crippen molar-refractivity contribution in [3.05, 3.63) is 22.4 Å². The van der Waals surface area contributed by atoms with Crippen molar-refractivity contribution in [3.8, 4) is 0 Å². The fraction of sp³-hybridized carbons (Fsp3) is 0.462. The van der Waals surface area contributed by atoms with Crippen LogP contribution in [0.25, 0.3) is 0 Å². The summed E-state index contributed by atoms with van der Waals surface area (Å²) in [6.45, 7) is 4.06. The Hall–Kier alpha value is -1.34. The highest BCUT2D eigenvalue weighted by molar-refractivity contribution is 9.10. The van der Waals surface area contributed by atoms with Crippen LogP contribution in [0.5, 0.6) is 0 Å². The average Bonchev–Trinajstić information content (AvgIpc) is 2.44. The third-order valence-corrected chi connectivity index (χ3v) is 3.77. The van der Waals surface area contributed by atoms with E-state index >= 15 is 0 Å². The van der Waals surface area contributed by atoms with Crippen LogP contribution in [0.2, 0.25) is 0 Å². The predicted octanol–water partition coefficient (Wildman–Crippen LogP) is 1.83. The number of nitrogen functional groups attached to an aromatic ring is 1. The number of rotatable bonds is 3. The van der Waals surface area contributed by atoms with E-state index in [2.05, 4.69) is 21.2 Å². The number of nitrogens with one attached hydrogen (secondary N) is 1. The summed E-state index contributed by atoms with van der Waals surface area (Å²) in [6, 6.07) is 2.32. The minimum Gasteiger partial charge on any atom is -0.397 e. The summed E-state index contributed by atoms with van der Waals surface area (Å²) in [5.41, 5.74) is 6.55. The first-order valence-electron chi connectivity index (χ1n) is 6.36. The van der Waals surface area contributed by atoms with Gasteiger partial charge in [0.2, 0.25) is 5.91 Å². The summed E-state index contributed by atoms with van der Waals surface area (Å²) >= 11 is 3.10. The average molecular weight is 346 g/mol. The molecule has 110 valence electrons. The summed E-state index contributed by atoms with van der Waals surface area (Å²) in [6.07, 6.45) is 0. The molecule has 1 fully saturated rings. The van der Waals surface area contributed by atoms with Gasteiger partial charge in [0, 0.05) is 19.2 Å². The van der Waals surface area contributed by atoms with Gasteiger partial charge in [-0.25, -0.2) is 4.39 Å². The quantitative estimate of drug-likeness (QED) is 0.820. The van der Waals surface area contributed by atoms with Crippen LogP contribution in [0.4, 0.5) is 15.8 Å². The lowest BCUT2D eigenvalue weighted by molar-refractivity contribution is -0.135. The van der Waals surface area contributed by atoms with Gasteiger partial charge in [0.25, 0.3) is 0 Å². The molecule has 1 atom stereocenters. The molecule has 0 aliphatic carbocycles. The zero-order valence-corrected chi connectivity index (χ0v) is 12.7. The van der Waals surface area contributed by atoms with Crippen LogP contribution >= 0.6 is 15.9 Å². The lowest BCUT2D eigenvalue weighted by atomic mass is 10.2. The number of amides is 1. The second-order valence-electron chi connectivity index (χ2n) is 4.66. The molecule has 3 N–H and O–H groups in total. The van der Waals surface area contributed by atoms with Crippen LogP contribution in [-0.2, 0) is 9.53 Å². The van der Waals surface area contributed by atoms with Crippen molar-refractivity contribution in [2.75, 3.05) is 37.4 Å². The number of benzene rings is 1. The van der Waals surface area contributed by atoms with Crippen LogP contribution in [0, 0.1) is 5.82 Å². The molecule has 20 heavy (non-hydrogen) atoms. The molecule has 0 saturated carbocycles. The Balaban J connectivity index is 2.05. The van der Waals surface area contributed by atoms with E-state index in [-0.39, 0.29) is 11.6 Å². The predicted molar refractivity (Wildman–Crippen MR) is 79.0 cm³/mol. The number of nitrogens with two attached hydrogens (primary N) is 1. The highest BCUT2D eigenvalue weighted by Gasteiger charge is 2.23. The number of morpholine rings is 1. The molecule has 1 aliphatic rings. The maximum absolute atomic E-state index is 13.3. The number of hydrogen-bond donors (Lipinski definition) is 2. The van der Waals surface area contributed by atoms with Crippen molar-refractivity contribution in [1.82, 2.24) is 4.90 Å². The van der Waals surface area contributed by atoms with Gasteiger partial charge in [0.05, 0.1) is 29.1 Å². The molecule has 7 heteroatoms. The van der Waals surface area contributed by atoms with Gasteiger partial charge in [-0.05, 0) is 28.9 Å². The van der Waals surface area contributed by atoms with Gasteiger partial charge in [0.15, 0.2) is 0 Å². The lowest BCUT2D eigenvalue weighted by Crippen LogP contribution is -2.47. The molecule has 0 spiro atoms. The molecule has 0 radical (unpaired) electrons. The monoisotopic (exact) mass is 345 g/mol. The summed E-state index contributed by atoms with van der Waals surface area (Å²) in [5, 5.41) is 3.02. The minimum absolute atomic E-state index is 0.0202. The number of nitrogens with zero attached hydrogens (tertiary/aromatic N) is 1. The van der Waals surface area contributed by atoms with Crippen molar-refractivity contribution >= 4 is 33.2 Å². The number of anilines is 2. The first-order valence-corrected chi connectivity index (χ1v) is 7.16. The fourth-order valence-corrected chi connectivity index (χ4v) is 2.38. The first-order chi connectivity index (χ1) is 9.49. The zero-order chi connectivity index (χ0) is 14.7. The Morgan fingerprint density at radius 1 is 1.50 bits per heavy atom. The van der Waals surface area contributed by atoms with E-state index < -0.39 is 11.9 Å². The Labute approximate surface area is 125 Å². The standard InChI is InChI=1S/C13H17BrFN3O2/c1-8(13(19)18-2-4-20-5-3-18)17-12-6-9(14)10(15)7-11(12)16/h6-8,17H,2-5,16H2,1H3. The summed E-state index contributed by atoms with van der Waals surface area (Å²) in [5.74, 6) is -0.451. The third-order valence-electron chi connectivity index (χ3n) is 3.16. The minimum atomic E-state index is -0.437. The van der Waals surface area contributed by atoms with Crippen LogP contribution in [0.15, 0.2) is 16.6 Å². The van der Waals surface area contributed by atoms with E-state index in [0.29, 0.717) is 36.5 Å². The SMILES string of the molecule is CC(Nc1cc(Br)c(F)cc1N)C(=O)N1CCOCC1. The summed E-state index contributed by atoms with van der Waals surface area (Å²) in [7, 11) is 0. The van der Waals surface area contributed by atoms with Crippen molar-refractivity contribution in [2.24, 2.45) is 0 Å². The van der Waals surface area contributed by atoms with Gasteiger partial charge in [-0.3, -0.25) is 4.79 Å². The zero-order valence-electron chi connectivity index (χ0n) is 11.2. The topological polar surface area (TPSA) is 67.6 Å². The second-order valence-corrected chi connectivity index (χ2v) is 5.51. The molecule has 1 heterocycles. The molecule has 0 aromatic heterocycles. The van der Waals surface area contributed by atoms with Gasteiger partial charge in [-0.1, -0.05) is 0 Å². The number of carbonyl (C=O) groups excluding carboxylic acids is 1. The molecule has 1 saturated heterocycles. The number of hydrogen-bond acceptors (Lipinski definition) is 4. The van der Waals surface area contributed by atoms with Crippen LogP contribution in [0.3, 0.4) is 0 Å². The smallest absolute Gasteiger partial charge is 0.244 e. The molecule has 1 unspecified atom stereocenters. The number of ether oxygens (including phenoxy) is 1. The highest BCUT2D eigenvalue weighted by atomic mass is 79.9. The molecule has 1 aromatic rings. The Morgan fingerprint density at radius 3 is 2.80 bits per heavy atom. The summed E-state index contributed by atoms with van der Waals surface area (Å²) < 4.78 is 18.8. The Morgan fingerprint density at radius 2 is 2.15 bits per heavy atom. The van der Waals surface area contributed by atoms with E-state index in [9.17, 15) is 9.18 Å². The molecule has 1 aromatic carbocycles. The van der Waals surface area contributed by atoms with Crippen molar-refractivity contribution in [1.29, 1.82) is 0 Å². The van der Waals surface area contributed by atoms with Crippen molar-refractivity contribution in [3.63, 3.8) is 0 Å². The van der Waals surface area contributed by atoms with Crippen molar-refractivity contribution < 1.29 is 13.9 Å². The molecule has 1 amide bonds. The lowest BCUT2D eigenvalue weighted by Gasteiger charge is -2.30. The van der Waals surface area contributed by atoms with Crippen LogP contribution in [-0.4, -0.2) is 43.2 Å². The molecule has 0 bridgehead atoms. The maximum Gasteiger partial charge on any atom is 0.244 e. The molecule has 1 aliphatic heterocycles. The van der Waals surface area contributed by atoms with E-state index in [0.717, 1.165) is 0 Å². The van der Waals surface area contributed by atoms with E-state index in [1.165, 1.54) is 12.1 Å². The normalized spacial score (nSPS) is 16.9. The Bertz CT molecular complexity index is 507. The van der Waals surface area contributed by atoms with Crippen molar-refractivity contribution in [2.45, 2.75) is 13.0 Å². The molecule has 5 nitrogen and oxygen atoms in total. The molecular weight excluding hydrogens is 329 g/mol. The largest absolute Gasteiger partial charge is 0.397 e. The van der Waals surface area contributed by atoms with Gasteiger partial charge < -0.3 is 20.7 Å².